The van der Waals surface area contributed by atoms with Crippen LogP contribution < -0.4 is 0 Å². The quantitative estimate of drug-likeness (QED) is 0.585. The van der Waals surface area contributed by atoms with Gasteiger partial charge < -0.3 is 4.90 Å². The van der Waals surface area contributed by atoms with E-state index in [4.69, 9.17) is 5.26 Å². The summed E-state index contributed by atoms with van der Waals surface area (Å²) in [5.41, 5.74) is 0. The van der Waals surface area contributed by atoms with Crippen LogP contribution in [-0.4, -0.2) is 29.6 Å². The summed E-state index contributed by atoms with van der Waals surface area (Å²) in [6.45, 7) is 1.80. The van der Waals surface area contributed by atoms with Gasteiger partial charge >= 0.3 is 0 Å². The van der Waals surface area contributed by atoms with Crippen molar-refractivity contribution in [1.82, 2.24) is 4.90 Å². The number of hydrogen-bond donors (Lipinski definition) is 0. The standard InChI is InChI=1S/C8H11FN2O/c1-2-8(12)11-5-6(9)3-7(11)4-10/h6-7H,2-3,5H2,1H3. The molecular formula is C8H11FN2O. The normalized spacial score (nSPS) is 28.6. The van der Waals surface area contributed by atoms with Gasteiger partial charge in [0.15, 0.2) is 0 Å². The fourth-order valence-corrected chi connectivity index (χ4v) is 1.39. The molecule has 0 aliphatic carbocycles. The molecular weight excluding hydrogens is 159 g/mol. The van der Waals surface area contributed by atoms with Crippen molar-refractivity contribution in [3.63, 3.8) is 0 Å². The van der Waals surface area contributed by atoms with Crippen LogP contribution in [0, 0.1) is 11.3 Å². The Kier molecular flexibility index (Phi) is 2.64. The van der Waals surface area contributed by atoms with Gasteiger partial charge in [0.25, 0.3) is 0 Å². The number of carbonyl (C=O) groups is 1. The van der Waals surface area contributed by atoms with Crippen LogP contribution in [0.2, 0.25) is 0 Å². The molecule has 0 aromatic heterocycles. The molecule has 0 aromatic carbocycles. The molecule has 1 saturated heterocycles. The van der Waals surface area contributed by atoms with Crippen molar-refractivity contribution < 1.29 is 9.18 Å². The van der Waals surface area contributed by atoms with E-state index in [1.807, 2.05) is 6.07 Å². The van der Waals surface area contributed by atoms with E-state index in [2.05, 4.69) is 0 Å². The zero-order valence-corrected chi connectivity index (χ0v) is 6.96. The van der Waals surface area contributed by atoms with Crippen molar-refractivity contribution in [2.45, 2.75) is 32.0 Å². The second-order valence-corrected chi connectivity index (χ2v) is 2.88. The van der Waals surface area contributed by atoms with Crippen LogP contribution in [0.3, 0.4) is 0 Å². The molecule has 3 nitrogen and oxygen atoms in total. The highest BCUT2D eigenvalue weighted by Gasteiger charge is 2.34. The number of nitriles is 1. The summed E-state index contributed by atoms with van der Waals surface area (Å²) in [6, 6.07) is 1.38. The predicted octanol–water partition coefficient (Wildman–Crippen LogP) is 0.859. The summed E-state index contributed by atoms with van der Waals surface area (Å²) in [7, 11) is 0. The molecule has 4 heteroatoms. The molecule has 0 spiro atoms. The number of halogens is 1. The van der Waals surface area contributed by atoms with Crippen molar-refractivity contribution in [2.75, 3.05) is 6.54 Å². The minimum Gasteiger partial charge on any atom is -0.324 e. The summed E-state index contributed by atoms with van der Waals surface area (Å²) >= 11 is 0. The molecule has 0 saturated carbocycles. The predicted molar refractivity (Wildman–Crippen MR) is 40.9 cm³/mol. The smallest absolute Gasteiger partial charge is 0.223 e. The Balaban J connectivity index is 2.65. The van der Waals surface area contributed by atoms with Gasteiger partial charge in [-0.25, -0.2) is 4.39 Å². The average molecular weight is 170 g/mol. The van der Waals surface area contributed by atoms with Gasteiger partial charge in [-0.15, -0.1) is 0 Å². The minimum absolute atomic E-state index is 0.0882. The number of hydrogen-bond acceptors (Lipinski definition) is 2. The molecule has 0 N–H and O–H groups in total. The maximum Gasteiger partial charge on any atom is 0.223 e. The van der Waals surface area contributed by atoms with E-state index in [1.54, 1.807) is 6.92 Å². The zero-order chi connectivity index (χ0) is 9.14. The highest BCUT2D eigenvalue weighted by Crippen LogP contribution is 2.20. The maximum atomic E-state index is 12.8. The Bertz CT molecular complexity index is 224. The highest BCUT2D eigenvalue weighted by molar-refractivity contribution is 5.77. The lowest BCUT2D eigenvalue weighted by atomic mass is 10.2. The zero-order valence-electron chi connectivity index (χ0n) is 6.96. The SMILES string of the molecule is CCC(=O)N1CC(F)CC1C#N. The van der Waals surface area contributed by atoms with Crippen LogP contribution in [0.4, 0.5) is 4.39 Å². The molecule has 0 aromatic rings. The third kappa shape index (κ3) is 1.55. The number of amides is 1. The summed E-state index contributed by atoms with van der Waals surface area (Å²) in [5, 5.41) is 8.59. The Labute approximate surface area is 70.8 Å². The van der Waals surface area contributed by atoms with Gasteiger partial charge in [0.2, 0.25) is 5.91 Å². The maximum absolute atomic E-state index is 12.8. The third-order valence-electron chi connectivity index (χ3n) is 2.02. The van der Waals surface area contributed by atoms with Crippen molar-refractivity contribution in [3.8, 4) is 6.07 Å². The Morgan fingerprint density at radius 2 is 2.50 bits per heavy atom. The first-order valence-electron chi connectivity index (χ1n) is 4.02. The van der Waals surface area contributed by atoms with Gasteiger partial charge in [-0.2, -0.15) is 5.26 Å². The van der Waals surface area contributed by atoms with E-state index in [-0.39, 0.29) is 18.9 Å². The molecule has 2 unspecified atom stereocenters. The fraction of sp³-hybridized carbons (Fsp3) is 0.750. The topological polar surface area (TPSA) is 44.1 Å². The molecule has 2 atom stereocenters. The Morgan fingerprint density at radius 1 is 1.83 bits per heavy atom. The first kappa shape index (κ1) is 8.98. The summed E-state index contributed by atoms with van der Waals surface area (Å²) in [4.78, 5) is 12.5. The van der Waals surface area contributed by atoms with Crippen LogP contribution in [-0.2, 0) is 4.79 Å². The lowest BCUT2D eigenvalue weighted by molar-refractivity contribution is -0.130. The molecule has 1 amide bonds. The summed E-state index contributed by atoms with van der Waals surface area (Å²) < 4.78 is 12.8. The molecule has 1 rings (SSSR count). The van der Waals surface area contributed by atoms with Crippen molar-refractivity contribution in [1.29, 1.82) is 5.26 Å². The number of rotatable bonds is 1. The first-order valence-corrected chi connectivity index (χ1v) is 4.02. The largest absolute Gasteiger partial charge is 0.324 e. The second-order valence-electron chi connectivity index (χ2n) is 2.88. The average Bonchev–Trinajstić information content (AvgIpc) is 2.45. The van der Waals surface area contributed by atoms with Gasteiger partial charge in [0.05, 0.1) is 12.6 Å². The van der Waals surface area contributed by atoms with Crippen LogP contribution in [0.5, 0.6) is 0 Å². The van der Waals surface area contributed by atoms with Gasteiger partial charge in [0, 0.05) is 12.8 Å². The van der Waals surface area contributed by atoms with Crippen molar-refractivity contribution in [2.24, 2.45) is 0 Å². The van der Waals surface area contributed by atoms with Crippen molar-refractivity contribution in [3.05, 3.63) is 0 Å². The van der Waals surface area contributed by atoms with Crippen LogP contribution >= 0.6 is 0 Å². The monoisotopic (exact) mass is 170 g/mol. The van der Waals surface area contributed by atoms with Gasteiger partial charge in [-0.05, 0) is 0 Å². The second kappa shape index (κ2) is 3.53. The van der Waals surface area contributed by atoms with E-state index >= 15 is 0 Å². The van der Waals surface area contributed by atoms with Crippen LogP contribution in [0.1, 0.15) is 19.8 Å². The van der Waals surface area contributed by atoms with E-state index in [0.717, 1.165) is 0 Å². The fourth-order valence-electron chi connectivity index (χ4n) is 1.39. The van der Waals surface area contributed by atoms with Gasteiger partial charge in [-0.3, -0.25) is 4.79 Å². The summed E-state index contributed by atoms with van der Waals surface area (Å²) in [5.74, 6) is -0.137. The van der Waals surface area contributed by atoms with Crippen LogP contribution in [0.15, 0.2) is 0 Å². The number of likely N-dealkylation sites (tertiary alicyclic amines) is 1. The van der Waals surface area contributed by atoms with E-state index in [0.29, 0.717) is 6.42 Å². The van der Waals surface area contributed by atoms with Gasteiger partial charge in [0.1, 0.15) is 12.2 Å². The van der Waals surface area contributed by atoms with Crippen LogP contribution in [0.25, 0.3) is 0 Å². The molecule has 1 aliphatic heterocycles. The molecule has 0 radical (unpaired) electrons. The highest BCUT2D eigenvalue weighted by atomic mass is 19.1. The number of alkyl halides is 1. The Morgan fingerprint density at radius 3 is 3.00 bits per heavy atom. The van der Waals surface area contributed by atoms with E-state index in [9.17, 15) is 9.18 Å². The third-order valence-corrected chi connectivity index (χ3v) is 2.02. The molecule has 12 heavy (non-hydrogen) atoms. The Hall–Kier alpha value is -1.11. The summed E-state index contributed by atoms with van der Waals surface area (Å²) in [6.07, 6.45) is -0.516. The molecule has 1 aliphatic rings. The molecule has 1 heterocycles. The minimum atomic E-state index is -1.02. The van der Waals surface area contributed by atoms with E-state index in [1.165, 1.54) is 4.90 Å². The first-order chi connectivity index (χ1) is 5.69. The lowest BCUT2D eigenvalue weighted by Crippen LogP contribution is -2.34. The van der Waals surface area contributed by atoms with E-state index < -0.39 is 12.2 Å². The van der Waals surface area contributed by atoms with Gasteiger partial charge in [-0.1, -0.05) is 6.92 Å². The lowest BCUT2D eigenvalue weighted by Gasteiger charge is -2.17. The molecule has 0 bridgehead atoms. The molecule has 66 valence electrons. The molecule has 1 fully saturated rings. The van der Waals surface area contributed by atoms with Crippen molar-refractivity contribution >= 4 is 5.91 Å². The number of carbonyl (C=O) groups excluding carboxylic acids is 1. The number of nitrogens with zero attached hydrogens (tertiary/aromatic N) is 2.